The van der Waals surface area contributed by atoms with Crippen LogP contribution in [0.2, 0.25) is 0 Å². The van der Waals surface area contributed by atoms with E-state index >= 15 is 0 Å². The summed E-state index contributed by atoms with van der Waals surface area (Å²) in [6, 6.07) is 34.5. The molecule has 0 amide bonds. The lowest BCUT2D eigenvalue weighted by Crippen LogP contribution is -2.13. The van der Waals surface area contributed by atoms with Gasteiger partial charge in [-0.15, -0.1) is 0 Å². The van der Waals surface area contributed by atoms with Crippen molar-refractivity contribution in [1.29, 1.82) is 0 Å². The van der Waals surface area contributed by atoms with Crippen LogP contribution in [0, 0.1) is 0 Å². The van der Waals surface area contributed by atoms with Crippen molar-refractivity contribution in [3.8, 4) is 11.3 Å². The number of esters is 1. The molecule has 150 valence electrons. The Labute approximate surface area is 179 Å². The van der Waals surface area contributed by atoms with Crippen molar-refractivity contribution in [2.75, 3.05) is 0 Å². The van der Waals surface area contributed by atoms with E-state index in [9.17, 15) is 4.79 Å². The van der Waals surface area contributed by atoms with E-state index in [1.54, 1.807) is 18.2 Å². The SMILES string of the molecule is O=C(OC(c1ccccc1)c1ccccc1)c1ccc2noc(-c3ccccc3)c2c1. The third kappa shape index (κ3) is 3.83. The van der Waals surface area contributed by atoms with E-state index in [2.05, 4.69) is 5.16 Å². The maximum absolute atomic E-state index is 13.1. The van der Waals surface area contributed by atoms with Crippen molar-refractivity contribution >= 4 is 16.9 Å². The maximum atomic E-state index is 13.1. The molecule has 5 rings (SSSR count). The van der Waals surface area contributed by atoms with Gasteiger partial charge in [0.2, 0.25) is 0 Å². The zero-order valence-electron chi connectivity index (χ0n) is 16.6. The van der Waals surface area contributed by atoms with E-state index in [1.165, 1.54) is 0 Å². The molecule has 4 heteroatoms. The van der Waals surface area contributed by atoms with Crippen molar-refractivity contribution in [3.05, 3.63) is 126 Å². The molecule has 0 unspecified atom stereocenters. The molecule has 4 nitrogen and oxygen atoms in total. The standard InChI is InChI=1S/C27H19NO3/c29-27(30-25(19-10-4-1-5-11-19)20-12-6-2-7-13-20)22-16-17-24-23(18-22)26(31-28-24)21-14-8-3-9-15-21/h1-18,25H. The molecule has 0 aliphatic carbocycles. The van der Waals surface area contributed by atoms with Gasteiger partial charge in [0.1, 0.15) is 5.52 Å². The summed E-state index contributed by atoms with van der Waals surface area (Å²) >= 11 is 0. The van der Waals surface area contributed by atoms with Gasteiger partial charge in [-0.2, -0.15) is 0 Å². The summed E-state index contributed by atoms with van der Waals surface area (Å²) in [6.45, 7) is 0. The molecule has 4 aromatic carbocycles. The maximum Gasteiger partial charge on any atom is 0.339 e. The van der Waals surface area contributed by atoms with Crippen molar-refractivity contribution in [3.63, 3.8) is 0 Å². The Bertz CT molecular complexity index is 1270. The van der Waals surface area contributed by atoms with Gasteiger partial charge in [0.25, 0.3) is 0 Å². The molecule has 0 bridgehead atoms. The number of carbonyl (C=O) groups is 1. The van der Waals surface area contributed by atoms with E-state index in [-0.39, 0.29) is 0 Å². The summed E-state index contributed by atoms with van der Waals surface area (Å²) in [7, 11) is 0. The summed E-state index contributed by atoms with van der Waals surface area (Å²) in [5, 5.41) is 4.90. The van der Waals surface area contributed by atoms with E-state index in [0.717, 1.165) is 22.1 Å². The van der Waals surface area contributed by atoms with E-state index < -0.39 is 12.1 Å². The summed E-state index contributed by atoms with van der Waals surface area (Å²) in [5.41, 5.74) is 3.88. The molecule has 31 heavy (non-hydrogen) atoms. The fourth-order valence-corrected chi connectivity index (χ4v) is 3.63. The number of hydrogen-bond acceptors (Lipinski definition) is 4. The number of ether oxygens (including phenoxy) is 1. The highest BCUT2D eigenvalue weighted by Gasteiger charge is 2.21. The highest BCUT2D eigenvalue weighted by Crippen LogP contribution is 2.31. The molecule has 0 N–H and O–H groups in total. The molecule has 5 aromatic rings. The molecule has 0 aliphatic rings. The van der Waals surface area contributed by atoms with Crippen molar-refractivity contribution in [2.24, 2.45) is 0 Å². The van der Waals surface area contributed by atoms with Gasteiger partial charge in [-0.3, -0.25) is 0 Å². The van der Waals surface area contributed by atoms with Crippen molar-refractivity contribution < 1.29 is 14.1 Å². The fourth-order valence-electron chi connectivity index (χ4n) is 3.63. The lowest BCUT2D eigenvalue weighted by atomic mass is 10.0. The molecule has 1 aromatic heterocycles. The number of benzene rings is 4. The van der Waals surface area contributed by atoms with E-state index in [1.807, 2.05) is 91.0 Å². The summed E-state index contributed by atoms with van der Waals surface area (Å²) in [6.07, 6.45) is -0.498. The topological polar surface area (TPSA) is 52.3 Å². The van der Waals surface area contributed by atoms with E-state index in [4.69, 9.17) is 9.26 Å². The number of fused-ring (bicyclic) bond motifs is 1. The Morgan fingerprint density at radius 2 is 1.32 bits per heavy atom. The quantitative estimate of drug-likeness (QED) is 0.316. The average Bonchev–Trinajstić information content (AvgIpc) is 3.27. The van der Waals surface area contributed by atoms with Crippen LogP contribution in [-0.4, -0.2) is 11.1 Å². The van der Waals surface area contributed by atoms with Gasteiger partial charge in [0.15, 0.2) is 11.9 Å². The minimum Gasteiger partial charge on any atom is -0.449 e. The zero-order chi connectivity index (χ0) is 21.0. The molecular weight excluding hydrogens is 386 g/mol. The lowest BCUT2D eigenvalue weighted by molar-refractivity contribution is 0.0378. The second-order valence-electron chi connectivity index (χ2n) is 7.22. The number of carbonyl (C=O) groups excluding carboxylic acids is 1. The van der Waals surface area contributed by atoms with Crippen LogP contribution in [-0.2, 0) is 4.74 Å². The van der Waals surface area contributed by atoms with Crippen molar-refractivity contribution in [1.82, 2.24) is 5.16 Å². The second kappa shape index (κ2) is 8.28. The average molecular weight is 405 g/mol. The Balaban J connectivity index is 1.50. The van der Waals surface area contributed by atoms with Crippen LogP contribution in [0.15, 0.2) is 114 Å². The number of rotatable bonds is 5. The van der Waals surface area contributed by atoms with Gasteiger partial charge < -0.3 is 9.26 Å². The van der Waals surface area contributed by atoms with Crippen LogP contribution in [0.1, 0.15) is 27.6 Å². The minimum absolute atomic E-state index is 0.403. The largest absolute Gasteiger partial charge is 0.449 e. The third-order valence-electron chi connectivity index (χ3n) is 5.18. The first-order valence-electron chi connectivity index (χ1n) is 10.1. The minimum atomic E-state index is -0.498. The lowest BCUT2D eigenvalue weighted by Gasteiger charge is -2.19. The van der Waals surface area contributed by atoms with Gasteiger partial charge in [-0.25, -0.2) is 4.79 Å². The fraction of sp³-hybridized carbons (Fsp3) is 0.0370. The first kappa shape index (κ1) is 18.8. The molecular formula is C27H19NO3. The Kier molecular flexibility index (Phi) is 5.03. The third-order valence-corrected chi connectivity index (χ3v) is 5.18. The van der Waals surface area contributed by atoms with Crippen molar-refractivity contribution in [2.45, 2.75) is 6.10 Å². The number of hydrogen-bond donors (Lipinski definition) is 0. The Hall–Kier alpha value is -4.18. The predicted octanol–water partition coefficient (Wildman–Crippen LogP) is 6.44. The number of aromatic nitrogens is 1. The summed E-state index contributed by atoms with van der Waals surface area (Å²) in [4.78, 5) is 13.1. The zero-order valence-corrected chi connectivity index (χ0v) is 16.6. The Morgan fingerprint density at radius 3 is 1.94 bits per heavy atom. The van der Waals surface area contributed by atoms with Crippen LogP contribution in [0.4, 0.5) is 0 Å². The van der Waals surface area contributed by atoms with Gasteiger partial charge in [0.05, 0.1) is 10.9 Å². The molecule has 0 radical (unpaired) electrons. The molecule has 0 atom stereocenters. The van der Waals surface area contributed by atoms with Gasteiger partial charge >= 0.3 is 5.97 Å². The highest BCUT2D eigenvalue weighted by atomic mass is 16.5. The number of nitrogens with zero attached hydrogens (tertiary/aromatic N) is 1. The predicted molar refractivity (Wildman–Crippen MR) is 120 cm³/mol. The summed E-state index contributed by atoms with van der Waals surface area (Å²) in [5.74, 6) is 0.229. The first-order valence-corrected chi connectivity index (χ1v) is 10.1. The second-order valence-corrected chi connectivity index (χ2v) is 7.22. The Morgan fingerprint density at radius 1 is 0.742 bits per heavy atom. The summed E-state index contributed by atoms with van der Waals surface area (Å²) < 4.78 is 11.5. The molecule has 0 saturated carbocycles. The van der Waals surface area contributed by atoms with Gasteiger partial charge in [-0.1, -0.05) is 96.2 Å². The van der Waals surface area contributed by atoms with Crippen LogP contribution < -0.4 is 0 Å². The molecule has 0 spiro atoms. The van der Waals surface area contributed by atoms with Crippen LogP contribution in [0.3, 0.4) is 0 Å². The smallest absolute Gasteiger partial charge is 0.339 e. The first-order chi connectivity index (χ1) is 15.3. The van der Waals surface area contributed by atoms with Crippen LogP contribution in [0.25, 0.3) is 22.2 Å². The van der Waals surface area contributed by atoms with Gasteiger partial charge in [0, 0.05) is 5.56 Å². The van der Waals surface area contributed by atoms with Crippen LogP contribution in [0.5, 0.6) is 0 Å². The normalized spacial score (nSPS) is 11.0. The molecule has 0 aliphatic heterocycles. The molecule has 0 saturated heterocycles. The molecule has 0 fully saturated rings. The van der Waals surface area contributed by atoms with E-state index in [0.29, 0.717) is 16.8 Å². The van der Waals surface area contributed by atoms with Crippen LogP contribution >= 0.6 is 0 Å². The highest BCUT2D eigenvalue weighted by molar-refractivity contribution is 5.98. The van der Waals surface area contributed by atoms with Gasteiger partial charge in [-0.05, 0) is 29.3 Å². The monoisotopic (exact) mass is 405 g/mol. The molecule has 1 heterocycles.